The van der Waals surface area contributed by atoms with Crippen LogP contribution in [0.5, 0.6) is 0 Å². The van der Waals surface area contributed by atoms with Crippen molar-refractivity contribution in [3.8, 4) is 6.07 Å². The minimum Gasteiger partial charge on any atom is -0.387 e. The van der Waals surface area contributed by atoms with Crippen LogP contribution in [0.2, 0.25) is 0 Å². The number of halogens is 2. The number of hydrogen-bond acceptors (Lipinski definition) is 2. The molecule has 3 atom stereocenters. The average molecular weight is 279 g/mol. The molecule has 2 nitrogen and oxygen atoms in total. The molecule has 3 unspecified atom stereocenters. The van der Waals surface area contributed by atoms with E-state index in [1.807, 2.05) is 0 Å². The van der Waals surface area contributed by atoms with Gasteiger partial charge in [-0.25, -0.2) is 8.78 Å². The number of benzene rings is 1. The fourth-order valence-electron chi connectivity index (χ4n) is 3.21. The Hall–Kier alpha value is -1.47. The van der Waals surface area contributed by atoms with Crippen LogP contribution < -0.4 is 0 Å². The largest absolute Gasteiger partial charge is 0.387 e. The number of aliphatic hydroxyl groups excluding tert-OH is 1. The molecule has 1 N–H and O–H groups in total. The van der Waals surface area contributed by atoms with E-state index < -0.39 is 23.2 Å². The van der Waals surface area contributed by atoms with Gasteiger partial charge >= 0.3 is 0 Å². The molecule has 20 heavy (non-hydrogen) atoms. The summed E-state index contributed by atoms with van der Waals surface area (Å²) in [5, 5.41) is 20.0. The molecular weight excluding hydrogens is 260 g/mol. The van der Waals surface area contributed by atoms with Crippen molar-refractivity contribution in [1.29, 1.82) is 5.26 Å². The molecule has 0 aromatic heterocycles. The standard InChI is InChI=1S/C16H19F2NO/c1-2-11-4-3-7-16(9-11,10-19)15(20)13-6-5-12(17)8-14(13)18/h5-6,8,11,15,20H,2-4,7,9H2,1H3. The Bertz CT molecular complexity index is 526. The summed E-state index contributed by atoms with van der Waals surface area (Å²) in [4.78, 5) is 0. The maximum atomic E-state index is 13.8. The van der Waals surface area contributed by atoms with Crippen molar-refractivity contribution in [3.05, 3.63) is 35.4 Å². The number of aliphatic hydroxyl groups is 1. The maximum absolute atomic E-state index is 13.8. The van der Waals surface area contributed by atoms with E-state index in [2.05, 4.69) is 13.0 Å². The first-order chi connectivity index (χ1) is 9.52. The molecule has 0 saturated heterocycles. The fraction of sp³-hybridized carbons (Fsp3) is 0.562. The first-order valence-corrected chi connectivity index (χ1v) is 7.06. The van der Waals surface area contributed by atoms with Gasteiger partial charge in [0, 0.05) is 11.6 Å². The normalized spacial score (nSPS) is 27.9. The second kappa shape index (κ2) is 5.88. The summed E-state index contributed by atoms with van der Waals surface area (Å²) in [5.41, 5.74) is -0.942. The van der Waals surface area contributed by atoms with Crippen molar-refractivity contribution in [3.63, 3.8) is 0 Å². The summed E-state index contributed by atoms with van der Waals surface area (Å²) >= 11 is 0. The van der Waals surface area contributed by atoms with Crippen LogP contribution in [0, 0.1) is 34.3 Å². The van der Waals surface area contributed by atoms with Crippen LogP contribution in [0.1, 0.15) is 50.7 Å². The van der Waals surface area contributed by atoms with Gasteiger partial charge in [-0.05, 0) is 24.8 Å². The minimum absolute atomic E-state index is 0.0182. The van der Waals surface area contributed by atoms with Gasteiger partial charge in [-0.2, -0.15) is 5.26 Å². The van der Waals surface area contributed by atoms with Crippen LogP contribution in [-0.2, 0) is 0 Å². The first kappa shape index (κ1) is 14.9. The summed E-state index contributed by atoms with van der Waals surface area (Å²) in [5.74, 6) is -1.09. The third-order valence-corrected chi connectivity index (χ3v) is 4.47. The van der Waals surface area contributed by atoms with Gasteiger partial charge in [0.15, 0.2) is 0 Å². The molecule has 1 saturated carbocycles. The molecule has 0 heterocycles. The van der Waals surface area contributed by atoms with E-state index in [1.165, 1.54) is 6.07 Å². The molecule has 0 radical (unpaired) electrons. The molecule has 0 amide bonds. The quantitative estimate of drug-likeness (QED) is 0.905. The van der Waals surface area contributed by atoms with Gasteiger partial charge in [-0.1, -0.05) is 32.3 Å². The summed E-state index contributed by atoms with van der Waals surface area (Å²) in [6.07, 6.45) is 2.75. The Balaban J connectivity index is 2.33. The predicted molar refractivity (Wildman–Crippen MR) is 71.6 cm³/mol. The van der Waals surface area contributed by atoms with Crippen LogP contribution in [0.3, 0.4) is 0 Å². The monoisotopic (exact) mass is 279 g/mol. The Labute approximate surface area is 118 Å². The molecular formula is C16H19F2NO. The van der Waals surface area contributed by atoms with Crippen molar-refractivity contribution in [2.45, 2.75) is 45.1 Å². The van der Waals surface area contributed by atoms with Gasteiger partial charge in [-0.15, -0.1) is 0 Å². The molecule has 0 aliphatic heterocycles. The topological polar surface area (TPSA) is 44.0 Å². The zero-order chi connectivity index (χ0) is 14.8. The zero-order valence-corrected chi connectivity index (χ0v) is 11.6. The highest BCUT2D eigenvalue weighted by Gasteiger charge is 2.43. The van der Waals surface area contributed by atoms with Crippen molar-refractivity contribution in [1.82, 2.24) is 0 Å². The third-order valence-electron chi connectivity index (χ3n) is 4.47. The zero-order valence-electron chi connectivity index (χ0n) is 11.6. The predicted octanol–water partition coefficient (Wildman–Crippen LogP) is 4.11. The van der Waals surface area contributed by atoms with Crippen molar-refractivity contribution >= 4 is 0 Å². The van der Waals surface area contributed by atoms with Crippen LogP contribution in [0.25, 0.3) is 0 Å². The molecule has 4 heteroatoms. The fourth-order valence-corrected chi connectivity index (χ4v) is 3.21. The van der Waals surface area contributed by atoms with E-state index in [4.69, 9.17) is 0 Å². The van der Waals surface area contributed by atoms with Gasteiger partial charge in [-0.3, -0.25) is 0 Å². The lowest BCUT2D eigenvalue weighted by Crippen LogP contribution is -2.34. The lowest BCUT2D eigenvalue weighted by Gasteiger charge is -2.39. The average Bonchev–Trinajstić information content (AvgIpc) is 2.46. The molecule has 1 aromatic carbocycles. The second-order valence-corrected chi connectivity index (χ2v) is 5.71. The highest BCUT2D eigenvalue weighted by Crippen LogP contribution is 2.48. The molecule has 0 bridgehead atoms. The van der Waals surface area contributed by atoms with E-state index >= 15 is 0 Å². The number of nitriles is 1. The summed E-state index contributed by atoms with van der Waals surface area (Å²) in [7, 11) is 0. The molecule has 108 valence electrons. The van der Waals surface area contributed by atoms with E-state index in [1.54, 1.807) is 0 Å². The maximum Gasteiger partial charge on any atom is 0.131 e. The smallest absolute Gasteiger partial charge is 0.131 e. The van der Waals surface area contributed by atoms with Crippen LogP contribution in [0.15, 0.2) is 18.2 Å². The summed E-state index contributed by atoms with van der Waals surface area (Å²) < 4.78 is 26.8. The van der Waals surface area contributed by atoms with E-state index in [9.17, 15) is 19.1 Å². The van der Waals surface area contributed by atoms with Gasteiger partial charge in [0.25, 0.3) is 0 Å². The van der Waals surface area contributed by atoms with Crippen molar-refractivity contribution in [2.75, 3.05) is 0 Å². The highest BCUT2D eigenvalue weighted by atomic mass is 19.1. The number of rotatable bonds is 3. The first-order valence-electron chi connectivity index (χ1n) is 7.06. The Kier molecular flexibility index (Phi) is 4.39. The molecule has 0 spiro atoms. The Morgan fingerprint density at radius 2 is 2.25 bits per heavy atom. The van der Waals surface area contributed by atoms with Crippen LogP contribution >= 0.6 is 0 Å². The minimum atomic E-state index is -1.21. The highest BCUT2D eigenvalue weighted by molar-refractivity contribution is 5.26. The Morgan fingerprint density at radius 1 is 1.50 bits per heavy atom. The third kappa shape index (κ3) is 2.69. The van der Waals surface area contributed by atoms with E-state index in [0.29, 0.717) is 18.8 Å². The molecule has 1 aliphatic carbocycles. The Morgan fingerprint density at radius 3 is 2.85 bits per heavy atom. The van der Waals surface area contributed by atoms with E-state index in [-0.39, 0.29) is 5.56 Å². The number of nitrogens with zero attached hydrogens (tertiary/aromatic N) is 1. The number of hydrogen-bond donors (Lipinski definition) is 1. The van der Waals surface area contributed by atoms with Gasteiger partial charge in [0.1, 0.15) is 17.7 Å². The lowest BCUT2D eigenvalue weighted by molar-refractivity contribution is 0.0162. The molecule has 2 rings (SSSR count). The van der Waals surface area contributed by atoms with Gasteiger partial charge in [0.2, 0.25) is 0 Å². The molecule has 1 aromatic rings. The second-order valence-electron chi connectivity index (χ2n) is 5.71. The summed E-state index contributed by atoms with van der Waals surface area (Å²) in [6, 6.07) is 5.32. The van der Waals surface area contributed by atoms with E-state index in [0.717, 1.165) is 31.4 Å². The van der Waals surface area contributed by atoms with Crippen molar-refractivity contribution < 1.29 is 13.9 Å². The van der Waals surface area contributed by atoms with Crippen LogP contribution in [0.4, 0.5) is 8.78 Å². The van der Waals surface area contributed by atoms with Gasteiger partial charge in [0.05, 0.1) is 11.5 Å². The summed E-state index contributed by atoms with van der Waals surface area (Å²) in [6.45, 7) is 2.06. The van der Waals surface area contributed by atoms with Crippen molar-refractivity contribution in [2.24, 2.45) is 11.3 Å². The van der Waals surface area contributed by atoms with Gasteiger partial charge < -0.3 is 5.11 Å². The SMILES string of the molecule is CCC1CCCC(C#N)(C(O)c2ccc(F)cc2F)C1. The van der Waals surface area contributed by atoms with Crippen LogP contribution in [-0.4, -0.2) is 5.11 Å². The molecule has 1 aliphatic rings. The lowest BCUT2D eigenvalue weighted by atomic mass is 9.65. The molecule has 1 fully saturated rings.